The summed E-state index contributed by atoms with van der Waals surface area (Å²) < 4.78 is 32.9. The van der Waals surface area contributed by atoms with E-state index in [0.717, 1.165) is 18.4 Å². The Bertz CT molecular complexity index is 934. The van der Waals surface area contributed by atoms with Gasteiger partial charge in [0, 0.05) is 38.8 Å². The summed E-state index contributed by atoms with van der Waals surface area (Å²) in [5.41, 5.74) is 3.66. The van der Waals surface area contributed by atoms with Crippen LogP contribution in [0.4, 0.5) is 11.4 Å². The predicted molar refractivity (Wildman–Crippen MR) is 117 cm³/mol. The van der Waals surface area contributed by atoms with E-state index in [1.165, 1.54) is 16.6 Å². The predicted octanol–water partition coefficient (Wildman–Crippen LogP) is 3.76. The molecule has 1 aromatic heterocycles. The van der Waals surface area contributed by atoms with Crippen molar-refractivity contribution in [3.63, 3.8) is 0 Å². The number of aromatic nitrogens is 1. The Kier molecular flexibility index (Phi) is 11.4. The van der Waals surface area contributed by atoms with E-state index in [9.17, 15) is 8.42 Å². The summed E-state index contributed by atoms with van der Waals surface area (Å²) in [6, 6.07) is 8.62. The zero-order chi connectivity index (χ0) is 22.3. The first-order chi connectivity index (χ1) is 14.3. The standard InChI is InChI=1S/C16H17N3O4S.C3H8O.C2H6.Y/c20-18-13-9-15-16(17-10-13)23-7-6-19(15)24(21,22)14-3-1-2-12(8-14)11-4-5-11;1-3(2)4;1-2;/h1-3,8-11,18,20H,4-7H2;3-4H,1-2H3;1-2H3;. The van der Waals surface area contributed by atoms with Crippen molar-refractivity contribution in [2.75, 3.05) is 22.9 Å². The molecule has 1 saturated carbocycles. The largest absolute Gasteiger partial charge is 0.474 e. The van der Waals surface area contributed by atoms with Gasteiger partial charge in [0.25, 0.3) is 10.0 Å². The molecule has 4 rings (SSSR count). The zero-order valence-electron chi connectivity index (χ0n) is 18.4. The summed E-state index contributed by atoms with van der Waals surface area (Å²) in [5, 5.41) is 17.1. The summed E-state index contributed by atoms with van der Waals surface area (Å²) in [6.07, 6.45) is 3.43. The van der Waals surface area contributed by atoms with Gasteiger partial charge in [-0.05, 0) is 56.4 Å². The maximum atomic E-state index is 13.1. The van der Waals surface area contributed by atoms with Gasteiger partial charge in [0.15, 0.2) is 0 Å². The summed E-state index contributed by atoms with van der Waals surface area (Å²) >= 11 is 0. The second-order valence-corrected chi connectivity index (χ2v) is 8.89. The third-order valence-electron chi connectivity index (χ3n) is 4.26. The number of sulfonamides is 1. The summed E-state index contributed by atoms with van der Waals surface area (Å²) in [7, 11) is -3.72. The van der Waals surface area contributed by atoms with Crippen LogP contribution >= 0.6 is 0 Å². The summed E-state index contributed by atoms with van der Waals surface area (Å²) in [5.74, 6) is 0.714. The molecule has 2 aliphatic rings. The summed E-state index contributed by atoms with van der Waals surface area (Å²) in [4.78, 5) is 4.32. The van der Waals surface area contributed by atoms with Crippen molar-refractivity contribution in [1.29, 1.82) is 0 Å². The molecular weight excluding hydrogens is 495 g/mol. The van der Waals surface area contributed by atoms with Gasteiger partial charge in [-0.25, -0.2) is 13.4 Å². The van der Waals surface area contributed by atoms with Crippen LogP contribution in [0, 0.1) is 0 Å². The van der Waals surface area contributed by atoms with E-state index >= 15 is 0 Å². The van der Waals surface area contributed by atoms with Crippen LogP contribution in [0.2, 0.25) is 0 Å². The molecule has 1 radical (unpaired) electrons. The minimum atomic E-state index is -3.72. The first-order valence-electron chi connectivity index (χ1n) is 10.2. The van der Waals surface area contributed by atoms with E-state index in [1.54, 1.807) is 32.0 Å². The van der Waals surface area contributed by atoms with Crippen molar-refractivity contribution in [1.82, 2.24) is 4.98 Å². The topological polar surface area (TPSA) is 112 Å². The van der Waals surface area contributed by atoms with Crippen molar-refractivity contribution >= 4 is 21.4 Å². The maximum Gasteiger partial charge on any atom is 0.264 e. The Morgan fingerprint density at radius 3 is 2.45 bits per heavy atom. The number of aliphatic hydroxyl groups excluding tert-OH is 1. The first-order valence-corrected chi connectivity index (χ1v) is 11.6. The number of aliphatic hydroxyl groups is 1. The van der Waals surface area contributed by atoms with E-state index in [2.05, 4.69) is 4.98 Å². The van der Waals surface area contributed by atoms with Gasteiger partial charge in [0.2, 0.25) is 5.88 Å². The third kappa shape index (κ3) is 7.39. The van der Waals surface area contributed by atoms with Crippen molar-refractivity contribution in [3.05, 3.63) is 42.1 Å². The van der Waals surface area contributed by atoms with Crippen molar-refractivity contribution in [2.24, 2.45) is 0 Å². The van der Waals surface area contributed by atoms with Gasteiger partial charge < -0.3 is 9.84 Å². The molecule has 1 fully saturated rings. The normalized spacial score (nSPS) is 14.6. The monoisotopic (exact) mass is 526 g/mol. The molecule has 2 heterocycles. The van der Waals surface area contributed by atoms with E-state index in [4.69, 9.17) is 15.1 Å². The Balaban J connectivity index is 0.000000620. The van der Waals surface area contributed by atoms with Gasteiger partial charge in [-0.2, -0.15) is 0 Å². The number of fused-ring (bicyclic) bond motifs is 1. The second kappa shape index (κ2) is 12.7. The Labute approximate surface area is 209 Å². The number of nitrogens with zero attached hydrogens (tertiary/aromatic N) is 2. The average molecular weight is 526 g/mol. The molecule has 1 aliphatic carbocycles. The van der Waals surface area contributed by atoms with Crippen molar-refractivity contribution < 1.29 is 56.2 Å². The smallest absolute Gasteiger partial charge is 0.264 e. The molecule has 1 aliphatic heterocycles. The molecule has 1 aromatic carbocycles. The number of ether oxygens (including phenoxy) is 1. The van der Waals surface area contributed by atoms with Crippen LogP contribution in [-0.2, 0) is 42.7 Å². The van der Waals surface area contributed by atoms with Gasteiger partial charge in [-0.1, -0.05) is 26.0 Å². The fourth-order valence-electron chi connectivity index (χ4n) is 2.86. The van der Waals surface area contributed by atoms with E-state index in [0.29, 0.717) is 17.3 Å². The SMILES string of the molecule is CC.CC(C)O.O=S(=O)(c1cccc(C2CC2)c1)N1CCOc2ncc(NO)cc21.[Y]. The van der Waals surface area contributed by atoms with Gasteiger partial charge in [-0.3, -0.25) is 15.0 Å². The quantitative estimate of drug-likeness (QED) is 0.521. The first kappa shape index (κ1) is 27.8. The van der Waals surface area contributed by atoms with Gasteiger partial charge in [-0.15, -0.1) is 0 Å². The second-order valence-electron chi connectivity index (χ2n) is 7.03. The molecule has 3 N–H and O–H groups in total. The molecule has 31 heavy (non-hydrogen) atoms. The Morgan fingerprint density at radius 2 is 1.87 bits per heavy atom. The number of hydrogen-bond acceptors (Lipinski definition) is 7. The molecule has 2 aromatic rings. The zero-order valence-corrected chi connectivity index (χ0v) is 22.1. The van der Waals surface area contributed by atoms with Crippen LogP contribution in [-0.4, -0.2) is 43.0 Å². The van der Waals surface area contributed by atoms with E-state index in [-0.39, 0.29) is 62.7 Å². The van der Waals surface area contributed by atoms with Gasteiger partial charge in [0.1, 0.15) is 12.3 Å². The molecular formula is C21H31N3O5SY. The van der Waals surface area contributed by atoms with Crippen LogP contribution in [0.5, 0.6) is 5.88 Å². The molecule has 8 nitrogen and oxygen atoms in total. The molecule has 10 heteroatoms. The molecule has 169 valence electrons. The van der Waals surface area contributed by atoms with Crippen molar-refractivity contribution in [3.8, 4) is 5.88 Å². The Morgan fingerprint density at radius 1 is 1.23 bits per heavy atom. The van der Waals surface area contributed by atoms with E-state index < -0.39 is 10.0 Å². The minimum absolute atomic E-state index is 0. The number of hydrogen-bond donors (Lipinski definition) is 3. The molecule has 0 bridgehead atoms. The van der Waals surface area contributed by atoms with Crippen LogP contribution in [0.3, 0.4) is 0 Å². The molecule has 0 atom stereocenters. The average Bonchev–Trinajstić information content (AvgIpc) is 3.59. The van der Waals surface area contributed by atoms with Crippen LogP contribution < -0.4 is 14.5 Å². The van der Waals surface area contributed by atoms with Crippen LogP contribution in [0.1, 0.15) is 52.0 Å². The van der Waals surface area contributed by atoms with Gasteiger partial charge >= 0.3 is 0 Å². The Hall–Kier alpha value is -1.26. The molecule has 0 unspecified atom stereocenters. The molecule has 0 saturated heterocycles. The minimum Gasteiger partial charge on any atom is -0.474 e. The van der Waals surface area contributed by atoms with Crippen LogP contribution in [0.25, 0.3) is 0 Å². The summed E-state index contributed by atoms with van der Waals surface area (Å²) in [6.45, 7) is 7.87. The van der Waals surface area contributed by atoms with Crippen LogP contribution in [0.15, 0.2) is 41.4 Å². The fourth-order valence-corrected chi connectivity index (χ4v) is 4.35. The molecule has 0 amide bonds. The van der Waals surface area contributed by atoms with Crippen molar-refractivity contribution in [2.45, 2.75) is 57.5 Å². The third-order valence-corrected chi connectivity index (χ3v) is 6.07. The fraction of sp³-hybridized carbons (Fsp3) is 0.476. The van der Waals surface area contributed by atoms with Gasteiger partial charge in [0.05, 0.1) is 23.3 Å². The number of benzene rings is 1. The number of nitrogens with one attached hydrogen (secondary N) is 1. The van der Waals surface area contributed by atoms with E-state index in [1.807, 2.05) is 25.4 Å². The number of pyridine rings is 1. The molecule has 0 spiro atoms. The number of rotatable bonds is 4. The maximum absolute atomic E-state index is 13.1. The number of anilines is 2.